The van der Waals surface area contributed by atoms with Crippen molar-refractivity contribution in [2.45, 2.75) is 19.4 Å². The van der Waals surface area contributed by atoms with Crippen molar-refractivity contribution in [3.8, 4) is 5.75 Å². The summed E-state index contributed by atoms with van der Waals surface area (Å²) in [6.45, 7) is 1.93. The Bertz CT molecular complexity index is 542. The molecule has 2 aromatic rings. The van der Waals surface area contributed by atoms with Crippen LogP contribution in [-0.2, 0) is 6.42 Å². The molecular weight excluding hydrogens is 314 g/mol. The van der Waals surface area contributed by atoms with Crippen LogP contribution in [0.4, 0.5) is 0 Å². The first-order valence-electron chi connectivity index (χ1n) is 5.52. The molecule has 96 valence electrons. The number of hydrogen-bond donors (Lipinski definition) is 1. The number of ether oxygens (including phenoxy) is 1. The second-order valence-corrected chi connectivity index (χ2v) is 5.95. The topological polar surface area (TPSA) is 42.4 Å². The Hall–Kier alpha value is -0.910. The van der Waals surface area contributed by atoms with Crippen LogP contribution in [0.5, 0.6) is 5.75 Å². The summed E-state index contributed by atoms with van der Waals surface area (Å²) in [6.07, 6.45) is -0.107. The van der Waals surface area contributed by atoms with Crippen LogP contribution < -0.4 is 4.74 Å². The molecule has 0 aliphatic heterocycles. The van der Waals surface area contributed by atoms with E-state index in [4.69, 9.17) is 4.74 Å². The summed E-state index contributed by atoms with van der Waals surface area (Å²) >= 11 is 4.97. The van der Waals surface area contributed by atoms with Crippen molar-refractivity contribution in [3.63, 3.8) is 0 Å². The summed E-state index contributed by atoms with van der Waals surface area (Å²) in [5.74, 6) is 0.782. The van der Waals surface area contributed by atoms with Gasteiger partial charge in [-0.15, -0.1) is 11.3 Å². The maximum atomic E-state index is 10.2. The molecule has 0 saturated heterocycles. The number of halogens is 1. The molecule has 0 aliphatic rings. The Morgan fingerprint density at radius 2 is 2.28 bits per heavy atom. The normalized spacial score (nSPS) is 12.4. The number of rotatable bonds is 4. The molecule has 0 saturated carbocycles. The molecule has 0 aliphatic carbocycles. The van der Waals surface area contributed by atoms with Gasteiger partial charge in [-0.3, -0.25) is 0 Å². The first kappa shape index (κ1) is 13.5. The van der Waals surface area contributed by atoms with E-state index in [2.05, 4.69) is 20.9 Å². The smallest absolute Gasteiger partial charge is 0.122 e. The fourth-order valence-electron chi connectivity index (χ4n) is 1.75. The van der Waals surface area contributed by atoms with E-state index in [0.29, 0.717) is 6.42 Å². The van der Waals surface area contributed by atoms with Crippen LogP contribution >= 0.6 is 27.3 Å². The van der Waals surface area contributed by atoms with E-state index in [0.717, 1.165) is 26.5 Å². The molecule has 3 nitrogen and oxygen atoms in total. The molecule has 1 unspecified atom stereocenters. The largest absolute Gasteiger partial charge is 0.496 e. The molecule has 1 aromatic carbocycles. The van der Waals surface area contributed by atoms with Crippen molar-refractivity contribution in [2.75, 3.05) is 7.11 Å². The van der Waals surface area contributed by atoms with Crippen LogP contribution in [0.1, 0.15) is 22.4 Å². The average molecular weight is 328 g/mol. The fraction of sp³-hybridized carbons (Fsp3) is 0.308. The van der Waals surface area contributed by atoms with Gasteiger partial charge in [-0.1, -0.05) is 15.9 Å². The van der Waals surface area contributed by atoms with Crippen molar-refractivity contribution < 1.29 is 9.84 Å². The highest BCUT2D eigenvalue weighted by atomic mass is 79.9. The molecule has 1 N–H and O–H groups in total. The molecule has 2 rings (SSSR count). The number of aromatic nitrogens is 1. The highest BCUT2D eigenvalue weighted by Crippen LogP contribution is 2.28. The minimum absolute atomic E-state index is 0.492. The molecule has 1 atom stereocenters. The predicted octanol–water partition coefficient (Wildman–Crippen LogP) is 3.50. The third kappa shape index (κ3) is 3.10. The van der Waals surface area contributed by atoms with Crippen LogP contribution in [0.25, 0.3) is 0 Å². The Labute approximate surface area is 119 Å². The van der Waals surface area contributed by atoms with Gasteiger partial charge in [0.15, 0.2) is 0 Å². The Morgan fingerprint density at radius 1 is 1.50 bits per heavy atom. The van der Waals surface area contributed by atoms with E-state index in [9.17, 15) is 5.11 Å². The van der Waals surface area contributed by atoms with Crippen LogP contribution in [0.3, 0.4) is 0 Å². The van der Waals surface area contributed by atoms with Gasteiger partial charge in [-0.25, -0.2) is 4.98 Å². The molecule has 1 aromatic heterocycles. The fourth-order valence-corrected chi connectivity index (χ4v) is 2.82. The number of benzene rings is 1. The van der Waals surface area contributed by atoms with Crippen LogP contribution in [0.2, 0.25) is 0 Å². The van der Waals surface area contributed by atoms with Crippen LogP contribution in [-0.4, -0.2) is 17.2 Å². The van der Waals surface area contributed by atoms with Gasteiger partial charge in [0.25, 0.3) is 0 Å². The highest BCUT2D eigenvalue weighted by molar-refractivity contribution is 9.10. The standard InChI is InChI=1S/C13H14BrNO2S/c1-8-15-11(7-18-8)12(16)6-9-5-10(14)3-4-13(9)17-2/h3-5,7,12,16H,6H2,1-2H3. The number of hydrogen-bond acceptors (Lipinski definition) is 4. The lowest BCUT2D eigenvalue weighted by Crippen LogP contribution is -2.04. The van der Waals surface area contributed by atoms with Crippen molar-refractivity contribution in [2.24, 2.45) is 0 Å². The van der Waals surface area contributed by atoms with Gasteiger partial charge in [-0.05, 0) is 30.7 Å². The summed E-state index contributed by atoms with van der Waals surface area (Å²) in [4.78, 5) is 4.30. The minimum Gasteiger partial charge on any atom is -0.496 e. The Balaban J connectivity index is 2.20. The van der Waals surface area contributed by atoms with Crippen molar-refractivity contribution in [3.05, 3.63) is 44.3 Å². The average Bonchev–Trinajstić information content (AvgIpc) is 2.76. The summed E-state index contributed by atoms with van der Waals surface area (Å²) in [5, 5.41) is 13.0. The monoisotopic (exact) mass is 327 g/mol. The van der Waals surface area contributed by atoms with Gasteiger partial charge in [0.2, 0.25) is 0 Å². The van der Waals surface area contributed by atoms with Gasteiger partial charge in [0.05, 0.1) is 17.8 Å². The number of aliphatic hydroxyl groups excluding tert-OH is 1. The lowest BCUT2D eigenvalue weighted by atomic mass is 10.1. The Kier molecular flexibility index (Phi) is 4.37. The molecular formula is C13H14BrNO2S. The number of methoxy groups -OCH3 is 1. The maximum Gasteiger partial charge on any atom is 0.122 e. The first-order valence-corrected chi connectivity index (χ1v) is 7.20. The highest BCUT2D eigenvalue weighted by Gasteiger charge is 2.14. The lowest BCUT2D eigenvalue weighted by Gasteiger charge is -2.12. The third-order valence-electron chi connectivity index (χ3n) is 2.63. The summed E-state index contributed by atoms with van der Waals surface area (Å²) in [7, 11) is 1.63. The lowest BCUT2D eigenvalue weighted by molar-refractivity contribution is 0.173. The molecule has 18 heavy (non-hydrogen) atoms. The van der Waals surface area contributed by atoms with E-state index in [1.54, 1.807) is 18.4 Å². The molecule has 0 bridgehead atoms. The zero-order valence-corrected chi connectivity index (χ0v) is 12.6. The number of aliphatic hydroxyl groups is 1. The molecule has 0 amide bonds. The van der Waals surface area contributed by atoms with E-state index in [1.807, 2.05) is 30.5 Å². The van der Waals surface area contributed by atoms with Gasteiger partial charge >= 0.3 is 0 Å². The zero-order valence-electron chi connectivity index (χ0n) is 10.2. The summed E-state index contributed by atoms with van der Waals surface area (Å²) in [5.41, 5.74) is 1.68. The second kappa shape index (κ2) is 5.82. The van der Waals surface area contributed by atoms with E-state index < -0.39 is 6.10 Å². The van der Waals surface area contributed by atoms with Gasteiger partial charge < -0.3 is 9.84 Å². The van der Waals surface area contributed by atoms with E-state index >= 15 is 0 Å². The van der Waals surface area contributed by atoms with Crippen molar-refractivity contribution in [1.29, 1.82) is 0 Å². The van der Waals surface area contributed by atoms with Gasteiger partial charge in [-0.2, -0.15) is 0 Å². The van der Waals surface area contributed by atoms with Gasteiger partial charge in [0, 0.05) is 16.3 Å². The molecule has 0 spiro atoms. The first-order chi connectivity index (χ1) is 8.60. The SMILES string of the molecule is COc1ccc(Br)cc1CC(O)c1csc(C)n1. The van der Waals surface area contributed by atoms with Gasteiger partial charge in [0.1, 0.15) is 11.9 Å². The Morgan fingerprint density at radius 3 is 2.89 bits per heavy atom. The summed E-state index contributed by atoms with van der Waals surface area (Å²) < 4.78 is 6.26. The van der Waals surface area contributed by atoms with E-state index in [-0.39, 0.29) is 0 Å². The molecule has 0 fully saturated rings. The summed E-state index contributed by atoms with van der Waals surface area (Å²) in [6, 6.07) is 5.77. The number of nitrogens with zero attached hydrogens (tertiary/aromatic N) is 1. The number of thiazole rings is 1. The van der Waals surface area contributed by atoms with E-state index in [1.165, 1.54) is 0 Å². The molecule has 5 heteroatoms. The second-order valence-electron chi connectivity index (χ2n) is 3.97. The van der Waals surface area contributed by atoms with Crippen molar-refractivity contribution >= 4 is 27.3 Å². The maximum absolute atomic E-state index is 10.2. The third-order valence-corrected chi connectivity index (χ3v) is 3.92. The van der Waals surface area contributed by atoms with Crippen LogP contribution in [0, 0.1) is 6.92 Å². The predicted molar refractivity (Wildman–Crippen MR) is 76.2 cm³/mol. The zero-order chi connectivity index (χ0) is 13.1. The molecule has 0 radical (unpaired) electrons. The quantitative estimate of drug-likeness (QED) is 0.934. The minimum atomic E-state index is -0.599. The molecule has 1 heterocycles. The van der Waals surface area contributed by atoms with Crippen molar-refractivity contribution in [1.82, 2.24) is 4.98 Å². The van der Waals surface area contributed by atoms with Crippen LogP contribution in [0.15, 0.2) is 28.1 Å². The number of aryl methyl sites for hydroxylation is 1.